The lowest BCUT2D eigenvalue weighted by molar-refractivity contribution is -0.132. The first-order valence-corrected chi connectivity index (χ1v) is 10.3. The number of carboxylic acids is 1. The number of carbonyl (C=O) groups is 1. The summed E-state index contributed by atoms with van der Waals surface area (Å²) in [6, 6.07) is 13.0. The van der Waals surface area contributed by atoms with Gasteiger partial charge in [0.05, 0.1) is 10.6 Å². The normalized spacial score (nSPS) is 13.0. The monoisotopic (exact) mass is 447 g/mol. The summed E-state index contributed by atoms with van der Waals surface area (Å²) >= 11 is 6.50. The number of carboxylic acid groups (broad SMARTS) is 1. The molecule has 8 nitrogen and oxygen atoms in total. The Morgan fingerprint density at radius 2 is 2.06 bits per heavy atom. The van der Waals surface area contributed by atoms with Crippen LogP contribution in [0.5, 0.6) is 11.5 Å². The first-order chi connectivity index (χ1) is 15.6. The van der Waals surface area contributed by atoms with Crippen molar-refractivity contribution in [3.63, 3.8) is 0 Å². The van der Waals surface area contributed by atoms with Gasteiger partial charge >= 0.3 is 5.97 Å². The molecule has 0 unspecified atom stereocenters. The number of fused-ring (bicyclic) bond motifs is 2. The van der Waals surface area contributed by atoms with E-state index in [1.807, 2.05) is 36.5 Å². The second kappa shape index (κ2) is 8.24. The van der Waals surface area contributed by atoms with Crippen molar-refractivity contribution in [3.05, 3.63) is 71.1 Å². The Bertz CT molecular complexity index is 1370. The minimum atomic E-state index is -0.962. The van der Waals surface area contributed by atoms with Gasteiger partial charge in [0.25, 0.3) is 0 Å². The standard InChI is InChI=1S/C23H18ClN5O3/c24-17-11-14(4-5-20(17)32-19-3-1-2-18-15(19)7-9-25-18)29-22-16-10-13(23(30)31)6-8-26-21(16)27-12-28-22/h1-5,7,9-12,25H,6,8H2,(H,30,31)(H2,26,27,28,29). The Hall–Kier alpha value is -4.04. The van der Waals surface area contributed by atoms with Crippen LogP contribution in [0.2, 0.25) is 5.02 Å². The lowest BCUT2D eigenvalue weighted by atomic mass is 10.1. The zero-order valence-corrected chi connectivity index (χ0v) is 17.5. The molecule has 1 aliphatic rings. The van der Waals surface area contributed by atoms with Gasteiger partial charge in [0.2, 0.25) is 0 Å². The lowest BCUT2D eigenvalue weighted by Crippen LogP contribution is -2.06. The minimum absolute atomic E-state index is 0.287. The largest absolute Gasteiger partial charge is 0.478 e. The number of hydrogen-bond donors (Lipinski definition) is 4. The lowest BCUT2D eigenvalue weighted by Gasteiger charge is -2.13. The fourth-order valence-corrected chi connectivity index (χ4v) is 3.78. The highest BCUT2D eigenvalue weighted by Gasteiger charge is 2.18. The van der Waals surface area contributed by atoms with Crippen molar-refractivity contribution in [2.24, 2.45) is 0 Å². The van der Waals surface area contributed by atoms with Crippen LogP contribution in [0.1, 0.15) is 12.0 Å². The third-order valence-corrected chi connectivity index (χ3v) is 5.43. The van der Waals surface area contributed by atoms with Crippen molar-refractivity contribution in [2.75, 3.05) is 17.2 Å². The maximum absolute atomic E-state index is 11.5. The average molecular weight is 448 g/mol. The Labute approximate surface area is 187 Å². The first kappa shape index (κ1) is 19.9. The minimum Gasteiger partial charge on any atom is -0.478 e. The van der Waals surface area contributed by atoms with Crippen LogP contribution in [0.15, 0.2) is 60.6 Å². The molecule has 0 radical (unpaired) electrons. The zero-order valence-electron chi connectivity index (χ0n) is 16.7. The number of halogens is 1. The molecule has 3 heterocycles. The average Bonchev–Trinajstić information content (AvgIpc) is 3.15. The van der Waals surface area contributed by atoms with Gasteiger partial charge in [0, 0.05) is 34.9 Å². The van der Waals surface area contributed by atoms with E-state index in [1.54, 1.807) is 18.2 Å². The zero-order chi connectivity index (χ0) is 22.1. The molecule has 2 aromatic carbocycles. The van der Waals surface area contributed by atoms with Crippen LogP contribution >= 0.6 is 11.6 Å². The molecule has 0 bridgehead atoms. The van der Waals surface area contributed by atoms with Crippen LogP contribution in [0.3, 0.4) is 0 Å². The van der Waals surface area contributed by atoms with Gasteiger partial charge in [-0.2, -0.15) is 0 Å². The number of rotatable bonds is 5. The Morgan fingerprint density at radius 3 is 2.91 bits per heavy atom. The van der Waals surface area contributed by atoms with E-state index >= 15 is 0 Å². The predicted molar refractivity (Wildman–Crippen MR) is 124 cm³/mol. The van der Waals surface area contributed by atoms with Crippen molar-refractivity contribution >= 4 is 51.9 Å². The van der Waals surface area contributed by atoms with E-state index in [1.165, 1.54) is 6.33 Å². The molecule has 4 aromatic rings. The van der Waals surface area contributed by atoms with Gasteiger partial charge in [-0.1, -0.05) is 17.7 Å². The highest BCUT2D eigenvalue weighted by Crippen LogP contribution is 2.36. The molecule has 0 atom stereocenters. The van der Waals surface area contributed by atoms with Crippen molar-refractivity contribution in [1.82, 2.24) is 15.0 Å². The van der Waals surface area contributed by atoms with Gasteiger partial charge in [-0.15, -0.1) is 0 Å². The molecule has 1 aliphatic heterocycles. The summed E-state index contributed by atoms with van der Waals surface area (Å²) in [6.07, 6.45) is 5.26. The van der Waals surface area contributed by atoms with E-state index in [0.29, 0.717) is 52.4 Å². The maximum Gasteiger partial charge on any atom is 0.331 e. The number of nitrogens with one attached hydrogen (secondary N) is 3. The van der Waals surface area contributed by atoms with E-state index in [-0.39, 0.29) is 5.57 Å². The third-order valence-electron chi connectivity index (χ3n) is 5.13. The van der Waals surface area contributed by atoms with Gasteiger partial charge in [-0.25, -0.2) is 14.8 Å². The highest BCUT2D eigenvalue weighted by molar-refractivity contribution is 6.32. The molecule has 160 valence electrons. The maximum atomic E-state index is 11.5. The van der Waals surface area contributed by atoms with Crippen LogP contribution in [0.25, 0.3) is 17.0 Å². The van der Waals surface area contributed by atoms with Gasteiger partial charge < -0.3 is 25.5 Å². The summed E-state index contributed by atoms with van der Waals surface area (Å²) in [6.45, 7) is 0.480. The quantitative estimate of drug-likeness (QED) is 0.322. The Balaban J connectivity index is 1.43. The smallest absolute Gasteiger partial charge is 0.331 e. The van der Waals surface area contributed by atoms with Crippen molar-refractivity contribution in [1.29, 1.82) is 0 Å². The summed E-state index contributed by atoms with van der Waals surface area (Å²) in [4.78, 5) is 23.2. The SMILES string of the molecule is O=C(O)C1=Cc2c(ncnc2Nc2ccc(Oc3cccc4[nH]ccc34)c(Cl)c2)NCC1. The number of aromatic amines is 1. The number of aliphatic carboxylic acids is 1. The fraction of sp³-hybridized carbons (Fsp3) is 0.0870. The van der Waals surface area contributed by atoms with Crippen LogP contribution < -0.4 is 15.4 Å². The number of anilines is 3. The molecule has 9 heteroatoms. The van der Waals surface area contributed by atoms with Gasteiger partial charge in [-0.05, 0) is 48.9 Å². The molecule has 2 aromatic heterocycles. The van der Waals surface area contributed by atoms with Crippen molar-refractivity contribution in [2.45, 2.75) is 6.42 Å². The van der Waals surface area contributed by atoms with E-state index in [9.17, 15) is 9.90 Å². The summed E-state index contributed by atoms with van der Waals surface area (Å²) in [5.74, 6) is 1.30. The molecule has 0 fully saturated rings. The van der Waals surface area contributed by atoms with Crippen LogP contribution in [0.4, 0.5) is 17.3 Å². The fourth-order valence-electron chi connectivity index (χ4n) is 3.57. The molecular weight excluding hydrogens is 430 g/mol. The number of nitrogens with zero attached hydrogens (tertiary/aromatic N) is 2. The number of H-pyrrole nitrogens is 1. The number of hydrogen-bond acceptors (Lipinski definition) is 6. The molecule has 0 saturated heterocycles. The van der Waals surface area contributed by atoms with Crippen LogP contribution in [0, 0.1) is 0 Å². The summed E-state index contributed by atoms with van der Waals surface area (Å²) in [5, 5.41) is 17.1. The van der Waals surface area contributed by atoms with E-state index < -0.39 is 5.97 Å². The summed E-state index contributed by atoms with van der Waals surface area (Å²) in [7, 11) is 0. The van der Waals surface area contributed by atoms with E-state index in [4.69, 9.17) is 16.3 Å². The number of benzene rings is 2. The molecule has 0 spiro atoms. The molecular formula is C23H18ClN5O3. The van der Waals surface area contributed by atoms with Gasteiger partial charge in [0.15, 0.2) is 0 Å². The Morgan fingerprint density at radius 1 is 1.16 bits per heavy atom. The van der Waals surface area contributed by atoms with Crippen LogP contribution in [-0.4, -0.2) is 32.6 Å². The van der Waals surface area contributed by atoms with Crippen molar-refractivity contribution in [3.8, 4) is 11.5 Å². The molecule has 0 saturated carbocycles. The second-order valence-corrected chi connectivity index (χ2v) is 7.61. The number of ether oxygens (including phenoxy) is 1. The number of aromatic nitrogens is 3. The second-order valence-electron chi connectivity index (χ2n) is 7.20. The van der Waals surface area contributed by atoms with Gasteiger partial charge in [0.1, 0.15) is 29.5 Å². The molecule has 5 rings (SSSR count). The molecule has 0 amide bonds. The molecule has 32 heavy (non-hydrogen) atoms. The van der Waals surface area contributed by atoms with E-state index in [0.717, 1.165) is 10.9 Å². The first-order valence-electron chi connectivity index (χ1n) is 9.92. The molecule has 0 aliphatic carbocycles. The highest BCUT2D eigenvalue weighted by atomic mass is 35.5. The summed E-state index contributed by atoms with van der Waals surface area (Å²) < 4.78 is 6.04. The van der Waals surface area contributed by atoms with Crippen molar-refractivity contribution < 1.29 is 14.6 Å². The van der Waals surface area contributed by atoms with E-state index in [2.05, 4.69) is 25.6 Å². The predicted octanol–water partition coefficient (Wildman–Crippen LogP) is 5.43. The Kier molecular flexibility index (Phi) is 5.12. The summed E-state index contributed by atoms with van der Waals surface area (Å²) in [5.41, 5.74) is 2.52. The van der Waals surface area contributed by atoms with Gasteiger partial charge in [-0.3, -0.25) is 0 Å². The van der Waals surface area contributed by atoms with Crippen LogP contribution in [-0.2, 0) is 4.79 Å². The topological polar surface area (TPSA) is 112 Å². The molecule has 4 N–H and O–H groups in total. The third kappa shape index (κ3) is 3.83.